The van der Waals surface area contributed by atoms with E-state index in [0.717, 1.165) is 29.7 Å². The molecule has 3 heteroatoms. The van der Waals surface area contributed by atoms with Crippen LogP contribution in [0, 0.1) is 6.92 Å². The van der Waals surface area contributed by atoms with Crippen molar-refractivity contribution in [1.82, 2.24) is 0 Å². The molecule has 0 saturated carbocycles. The molecule has 1 rings (SSSR count). The molecule has 1 aromatic rings. The molecule has 0 heterocycles. The van der Waals surface area contributed by atoms with Gasteiger partial charge in [-0.3, -0.25) is 0 Å². The van der Waals surface area contributed by atoms with Crippen molar-refractivity contribution in [2.45, 2.75) is 26.7 Å². The quantitative estimate of drug-likeness (QED) is 0.840. The van der Waals surface area contributed by atoms with Gasteiger partial charge in [0.25, 0.3) is 0 Å². The number of rotatable bonds is 5. The van der Waals surface area contributed by atoms with E-state index in [1.807, 2.05) is 13.0 Å². The Labute approximate surface area is 96.4 Å². The maximum atomic E-state index is 6.14. The van der Waals surface area contributed by atoms with Gasteiger partial charge in [0.2, 0.25) is 0 Å². The van der Waals surface area contributed by atoms with Crippen molar-refractivity contribution in [3.63, 3.8) is 0 Å². The Hall–Kier alpha value is -0.730. The van der Waals surface area contributed by atoms with E-state index < -0.39 is 0 Å². The van der Waals surface area contributed by atoms with Gasteiger partial charge in [-0.05, 0) is 43.5 Å². The molecule has 0 saturated heterocycles. The average molecular weight is 228 g/mol. The molecule has 0 bridgehead atoms. The number of aryl methyl sites for hydroxylation is 1. The molecule has 0 aliphatic carbocycles. The highest BCUT2D eigenvalue weighted by molar-refractivity contribution is 6.32. The summed E-state index contributed by atoms with van der Waals surface area (Å²) >= 11 is 6.14. The third kappa shape index (κ3) is 3.40. The van der Waals surface area contributed by atoms with Crippen molar-refractivity contribution in [1.29, 1.82) is 0 Å². The Morgan fingerprint density at radius 1 is 1.40 bits per heavy atom. The van der Waals surface area contributed by atoms with Crippen molar-refractivity contribution in [2.24, 2.45) is 5.73 Å². The monoisotopic (exact) mass is 227 g/mol. The van der Waals surface area contributed by atoms with Crippen molar-refractivity contribution in [3.8, 4) is 5.75 Å². The van der Waals surface area contributed by atoms with Crippen molar-refractivity contribution >= 4 is 11.6 Å². The first kappa shape index (κ1) is 12.3. The molecule has 0 atom stereocenters. The molecule has 15 heavy (non-hydrogen) atoms. The highest BCUT2D eigenvalue weighted by atomic mass is 35.5. The van der Waals surface area contributed by atoms with Crippen LogP contribution in [0.2, 0.25) is 5.02 Å². The number of benzene rings is 1. The lowest BCUT2D eigenvalue weighted by molar-refractivity contribution is 0.314. The fourth-order valence-electron chi connectivity index (χ4n) is 1.51. The van der Waals surface area contributed by atoms with Crippen LogP contribution >= 0.6 is 11.6 Å². The first-order valence-corrected chi connectivity index (χ1v) is 5.68. The summed E-state index contributed by atoms with van der Waals surface area (Å²) in [4.78, 5) is 0. The summed E-state index contributed by atoms with van der Waals surface area (Å²) in [7, 11) is 0. The average Bonchev–Trinajstić information content (AvgIpc) is 2.17. The van der Waals surface area contributed by atoms with Crippen LogP contribution in [0.4, 0.5) is 0 Å². The molecular formula is C12H18ClNO. The van der Waals surface area contributed by atoms with E-state index in [2.05, 4.69) is 13.0 Å². The largest absolute Gasteiger partial charge is 0.492 e. The summed E-state index contributed by atoms with van der Waals surface area (Å²) in [5.41, 5.74) is 7.81. The smallest absolute Gasteiger partial charge is 0.141 e. The predicted octanol–water partition coefficient (Wildman–Crippen LogP) is 2.94. The first-order valence-electron chi connectivity index (χ1n) is 5.31. The van der Waals surface area contributed by atoms with E-state index in [0.29, 0.717) is 18.2 Å². The second kappa shape index (κ2) is 5.99. The van der Waals surface area contributed by atoms with Crippen LogP contribution in [0.3, 0.4) is 0 Å². The number of hydrogen-bond acceptors (Lipinski definition) is 2. The Bertz CT molecular complexity index is 326. The molecule has 2 N–H and O–H groups in total. The zero-order chi connectivity index (χ0) is 11.3. The summed E-state index contributed by atoms with van der Waals surface area (Å²) in [6.07, 6.45) is 1.78. The minimum Gasteiger partial charge on any atom is -0.492 e. The van der Waals surface area contributed by atoms with E-state index in [1.165, 1.54) is 0 Å². The second-order valence-electron chi connectivity index (χ2n) is 3.62. The van der Waals surface area contributed by atoms with Gasteiger partial charge in [-0.25, -0.2) is 0 Å². The number of ether oxygens (including phenoxy) is 1. The van der Waals surface area contributed by atoms with Gasteiger partial charge in [-0.1, -0.05) is 24.6 Å². The third-order valence-corrected chi connectivity index (χ3v) is 2.41. The summed E-state index contributed by atoms with van der Waals surface area (Å²) in [6, 6.07) is 4.01. The molecule has 0 aliphatic heterocycles. The molecule has 1 aromatic carbocycles. The van der Waals surface area contributed by atoms with E-state index >= 15 is 0 Å². The highest BCUT2D eigenvalue weighted by Gasteiger charge is 2.08. The number of nitrogens with two attached hydrogens (primary N) is 1. The van der Waals surface area contributed by atoms with Gasteiger partial charge in [-0.15, -0.1) is 0 Å². The molecule has 0 aliphatic rings. The standard InChI is InChI=1S/C12H18ClNO/c1-3-6-15-12-10(4-5-14)7-9(2)8-11(12)13/h7-8H,3-6,14H2,1-2H3. The van der Waals surface area contributed by atoms with E-state index in [9.17, 15) is 0 Å². The van der Waals surface area contributed by atoms with Crippen molar-refractivity contribution in [2.75, 3.05) is 13.2 Å². The Kier molecular flexibility index (Phi) is 4.92. The van der Waals surface area contributed by atoms with Gasteiger partial charge >= 0.3 is 0 Å². The van der Waals surface area contributed by atoms with Crippen LogP contribution in [0.25, 0.3) is 0 Å². The minimum atomic E-state index is 0.613. The van der Waals surface area contributed by atoms with Gasteiger partial charge in [0.1, 0.15) is 5.75 Å². The van der Waals surface area contributed by atoms with E-state index in [4.69, 9.17) is 22.1 Å². The minimum absolute atomic E-state index is 0.613. The molecule has 0 spiro atoms. The fraction of sp³-hybridized carbons (Fsp3) is 0.500. The Morgan fingerprint density at radius 3 is 2.73 bits per heavy atom. The second-order valence-corrected chi connectivity index (χ2v) is 4.03. The van der Waals surface area contributed by atoms with E-state index in [1.54, 1.807) is 0 Å². The predicted molar refractivity (Wildman–Crippen MR) is 64.7 cm³/mol. The van der Waals surface area contributed by atoms with E-state index in [-0.39, 0.29) is 0 Å². The van der Waals surface area contributed by atoms with Gasteiger partial charge in [-0.2, -0.15) is 0 Å². The van der Waals surface area contributed by atoms with Crippen molar-refractivity contribution < 1.29 is 4.74 Å². The van der Waals surface area contributed by atoms with Crippen LogP contribution in [0.1, 0.15) is 24.5 Å². The highest BCUT2D eigenvalue weighted by Crippen LogP contribution is 2.30. The van der Waals surface area contributed by atoms with Gasteiger partial charge in [0.15, 0.2) is 0 Å². The summed E-state index contributed by atoms with van der Waals surface area (Å²) in [6.45, 7) is 5.41. The van der Waals surface area contributed by atoms with Crippen molar-refractivity contribution in [3.05, 3.63) is 28.3 Å². The van der Waals surface area contributed by atoms with Crippen LogP contribution in [-0.4, -0.2) is 13.2 Å². The summed E-state index contributed by atoms with van der Waals surface area (Å²) in [5.74, 6) is 0.801. The van der Waals surface area contributed by atoms with Crippen LogP contribution in [0.15, 0.2) is 12.1 Å². The van der Waals surface area contributed by atoms with Crippen LogP contribution < -0.4 is 10.5 Å². The zero-order valence-corrected chi connectivity index (χ0v) is 10.1. The molecule has 0 fully saturated rings. The van der Waals surface area contributed by atoms with Gasteiger partial charge in [0, 0.05) is 0 Å². The normalized spacial score (nSPS) is 10.4. The van der Waals surface area contributed by atoms with Gasteiger partial charge < -0.3 is 10.5 Å². The summed E-state index contributed by atoms with van der Waals surface area (Å²) < 4.78 is 5.64. The molecule has 0 amide bonds. The van der Waals surface area contributed by atoms with Gasteiger partial charge in [0.05, 0.1) is 11.6 Å². The fourth-order valence-corrected chi connectivity index (χ4v) is 1.86. The number of halogens is 1. The maximum absolute atomic E-state index is 6.14. The van der Waals surface area contributed by atoms with Crippen LogP contribution in [0.5, 0.6) is 5.75 Å². The lowest BCUT2D eigenvalue weighted by Crippen LogP contribution is -2.06. The Morgan fingerprint density at radius 2 is 2.13 bits per heavy atom. The first-order chi connectivity index (χ1) is 7.19. The van der Waals surface area contributed by atoms with Crippen LogP contribution in [-0.2, 0) is 6.42 Å². The Balaban J connectivity index is 2.97. The summed E-state index contributed by atoms with van der Waals surface area (Å²) in [5, 5.41) is 0.687. The lowest BCUT2D eigenvalue weighted by Gasteiger charge is -2.13. The topological polar surface area (TPSA) is 35.2 Å². The molecule has 0 unspecified atom stereocenters. The SMILES string of the molecule is CCCOc1c(Cl)cc(C)cc1CCN. The molecule has 0 aromatic heterocycles. The molecular weight excluding hydrogens is 210 g/mol. The zero-order valence-electron chi connectivity index (χ0n) is 9.35. The molecule has 2 nitrogen and oxygen atoms in total. The lowest BCUT2D eigenvalue weighted by atomic mass is 10.1. The third-order valence-electron chi connectivity index (χ3n) is 2.13. The molecule has 0 radical (unpaired) electrons. The number of hydrogen-bond donors (Lipinski definition) is 1. The maximum Gasteiger partial charge on any atom is 0.141 e. The molecule has 84 valence electrons.